The van der Waals surface area contributed by atoms with Crippen molar-refractivity contribution < 1.29 is 9.53 Å². The summed E-state index contributed by atoms with van der Waals surface area (Å²) in [4.78, 5) is 14.3. The van der Waals surface area contributed by atoms with Gasteiger partial charge < -0.3 is 9.64 Å². The number of carbonyl (C=O) groups excluding carboxylic acids is 1. The van der Waals surface area contributed by atoms with Gasteiger partial charge >= 0.3 is 5.97 Å². The Balaban J connectivity index is 2.64. The summed E-state index contributed by atoms with van der Waals surface area (Å²) in [5, 5.41) is 0. The Kier molecular flexibility index (Phi) is 8.46. The van der Waals surface area contributed by atoms with E-state index in [9.17, 15) is 4.79 Å². The fraction of sp³-hybridized carbons (Fsp3) is 0.462. The molecule has 0 aliphatic rings. The average Bonchev–Trinajstić information content (AvgIpc) is 2.38. The van der Waals surface area contributed by atoms with Gasteiger partial charge in [-0.15, -0.1) is 0 Å². The molecule has 0 aliphatic heterocycles. The number of ether oxygens (including phenoxy) is 1. The van der Waals surface area contributed by atoms with Gasteiger partial charge in [-0.1, -0.05) is 13.8 Å². The van der Waals surface area contributed by atoms with E-state index in [1.165, 1.54) is 0 Å². The molecule has 3 nitrogen and oxygen atoms in total. The van der Waals surface area contributed by atoms with Crippen LogP contribution in [0.1, 0.15) is 24.2 Å². The normalized spacial score (nSPS) is 10.8. The Morgan fingerprint density at radius 2 is 1.84 bits per heavy atom. The Hall–Kier alpha value is 0.840. The summed E-state index contributed by atoms with van der Waals surface area (Å²) >= 11 is 6.65. The average molecular weight is 599 g/mol. The molecule has 0 aliphatic carbocycles. The molecule has 106 valence electrons. The molecule has 0 fully saturated rings. The van der Waals surface area contributed by atoms with E-state index in [0.717, 1.165) is 30.3 Å². The van der Waals surface area contributed by atoms with Crippen molar-refractivity contribution in [3.63, 3.8) is 0 Å². The minimum atomic E-state index is -0.229. The van der Waals surface area contributed by atoms with Gasteiger partial charge in [-0.2, -0.15) is 0 Å². The van der Waals surface area contributed by atoms with Crippen molar-refractivity contribution >= 4 is 73.7 Å². The van der Waals surface area contributed by atoms with Crippen LogP contribution in [0.4, 0.5) is 0 Å². The first-order valence-electron chi connectivity index (χ1n) is 6.03. The van der Waals surface area contributed by atoms with Crippen LogP contribution in [0.25, 0.3) is 0 Å². The predicted molar refractivity (Wildman–Crippen MR) is 103 cm³/mol. The maximum Gasteiger partial charge on any atom is 0.339 e. The van der Waals surface area contributed by atoms with Gasteiger partial charge in [0.1, 0.15) is 6.61 Å². The number of hydrogen-bond donors (Lipinski definition) is 0. The summed E-state index contributed by atoms with van der Waals surface area (Å²) < 4.78 is 8.46. The second kappa shape index (κ2) is 8.98. The van der Waals surface area contributed by atoms with Crippen LogP contribution in [0.3, 0.4) is 0 Å². The molecule has 0 saturated heterocycles. The third kappa shape index (κ3) is 5.62. The van der Waals surface area contributed by atoms with Crippen molar-refractivity contribution in [1.82, 2.24) is 4.90 Å². The zero-order valence-electron chi connectivity index (χ0n) is 10.9. The highest BCUT2D eigenvalue weighted by atomic mass is 127. The van der Waals surface area contributed by atoms with Crippen LogP contribution in [0.5, 0.6) is 0 Å². The summed E-state index contributed by atoms with van der Waals surface area (Å²) in [6, 6.07) is 3.93. The molecule has 0 unspecified atom stereocenters. The molecule has 0 bridgehead atoms. The first-order chi connectivity index (χ1) is 8.99. The second-order valence-electron chi connectivity index (χ2n) is 3.91. The Morgan fingerprint density at radius 3 is 2.42 bits per heavy atom. The molecule has 0 saturated carbocycles. The van der Waals surface area contributed by atoms with Gasteiger partial charge in [0.05, 0.1) is 5.56 Å². The van der Waals surface area contributed by atoms with Gasteiger partial charge in [0.25, 0.3) is 0 Å². The van der Waals surface area contributed by atoms with E-state index in [1.54, 1.807) is 0 Å². The zero-order valence-corrected chi connectivity index (χ0v) is 17.4. The standard InChI is InChI=1S/C13H16I3NO2/c1-3-17(4-2)5-6-19-13(18)10-7-9(14)8-11(15)12(10)16/h7-8H,3-6H2,1-2H3. The first kappa shape index (κ1) is 17.9. The molecule has 1 aromatic carbocycles. The van der Waals surface area contributed by atoms with Crippen LogP contribution in [0, 0.1) is 10.7 Å². The number of carbonyl (C=O) groups is 1. The minimum absolute atomic E-state index is 0.229. The maximum atomic E-state index is 12.1. The molecular formula is C13H16I3NO2. The van der Waals surface area contributed by atoms with Crippen LogP contribution in [-0.4, -0.2) is 37.1 Å². The van der Waals surface area contributed by atoms with Gasteiger partial charge in [-0.3, -0.25) is 0 Å². The number of rotatable bonds is 6. The lowest BCUT2D eigenvalue weighted by Crippen LogP contribution is -2.28. The molecule has 1 aromatic rings. The number of nitrogens with zero attached hydrogens (tertiary/aromatic N) is 1. The van der Waals surface area contributed by atoms with Crippen molar-refractivity contribution in [2.24, 2.45) is 0 Å². The van der Waals surface area contributed by atoms with Crippen LogP contribution in [0.15, 0.2) is 12.1 Å². The lowest BCUT2D eigenvalue weighted by Gasteiger charge is -2.17. The van der Waals surface area contributed by atoms with E-state index < -0.39 is 0 Å². The fourth-order valence-electron chi connectivity index (χ4n) is 1.59. The molecule has 0 amide bonds. The number of hydrogen-bond acceptors (Lipinski definition) is 3. The molecule has 6 heteroatoms. The van der Waals surface area contributed by atoms with Gasteiger partial charge in [-0.25, -0.2) is 4.79 Å². The van der Waals surface area contributed by atoms with Crippen LogP contribution < -0.4 is 0 Å². The lowest BCUT2D eigenvalue weighted by atomic mass is 10.2. The maximum absolute atomic E-state index is 12.1. The number of esters is 1. The topological polar surface area (TPSA) is 29.5 Å². The van der Waals surface area contributed by atoms with E-state index in [4.69, 9.17) is 4.74 Å². The van der Waals surface area contributed by atoms with Gasteiger partial charge in [0.2, 0.25) is 0 Å². The molecule has 0 heterocycles. The Morgan fingerprint density at radius 1 is 1.21 bits per heavy atom. The molecular weight excluding hydrogens is 583 g/mol. The van der Waals surface area contributed by atoms with Crippen molar-refractivity contribution in [3.8, 4) is 0 Å². The first-order valence-corrected chi connectivity index (χ1v) is 9.27. The largest absolute Gasteiger partial charge is 0.461 e. The van der Waals surface area contributed by atoms with Gasteiger partial charge in [-0.05, 0) is 93.0 Å². The van der Waals surface area contributed by atoms with E-state index in [1.807, 2.05) is 6.07 Å². The second-order valence-corrected chi connectivity index (χ2v) is 7.40. The van der Waals surface area contributed by atoms with Gasteiger partial charge in [0, 0.05) is 17.3 Å². The molecule has 0 atom stereocenters. The van der Waals surface area contributed by atoms with E-state index in [0.29, 0.717) is 12.2 Å². The van der Waals surface area contributed by atoms with Crippen molar-refractivity contribution in [3.05, 3.63) is 28.4 Å². The molecule has 0 spiro atoms. The Labute approximate surface area is 155 Å². The summed E-state index contributed by atoms with van der Waals surface area (Å²) in [5.41, 5.74) is 0.663. The van der Waals surface area contributed by atoms with E-state index in [2.05, 4.69) is 92.6 Å². The van der Waals surface area contributed by atoms with Crippen LogP contribution in [0.2, 0.25) is 0 Å². The summed E-state index contributed by atoms with van der Waals surface area (Å²) in [7, 11) is 0. The molecule has 0 N–H and O–H groups in total. The SMILES string of the molecule is CCN(CC)CCOC(=O)c1cc(I)cc(I)c1I. The van der Waals surface area contributed by atoms with E-state index >= 15 is 0 Å². The molecule has 0 aromatic heterocycles. The number of halogens is 3. The molecule has 1 rings (SSSR count). The minimum Gasteiger partial charge on any atom is -0.461 e. The summed E-state index contributed by atoms with van der Waals surface area (Å²) in [5.74, 6) is -0.229. The Bertz CT molecular complexity index is 448. The zero-order chi connectivity index (χ0) is 14.4. The van der Waals surface area contributed by atoms with E-state index in [-0.39, 0.29) is 5.97 Å². The van der Waals surface area contributed by atoms with Crippen molar-refractivity contribution in [2.45, 2.75) is 13.8 Å². The predicted octanol–water partition coefficient (Wildman–Crippen LogP) is 4.00. The van der Waals surface area contributed by atoms with Crippen LogP contribution in [-0.2, 0) is 4.74 Å². The third-order valence-corrected chi connectivity index (χ3v) is 6.42. The number of benzene rings is 1. The van der Waals surface area contributed by atoms with Gasteiger partial charge in [0.15, 0.2) is 0 Å². The van der Waals surface area contributed by atoms with Crippen LogP contribution >= 0.6 is 67.8 Å². The monoisotopic (exact) mass is 599 g/mol. The smallest absolute Gasteiger partial charge is 0.339 e. The quantitative estimate of drug-likeness (QED) is 0.282. The highest BCUT2D eigenvalue weighted by Gasteiger charge is 2.15. The van der Waals surface area contributed by atoms with Crippen molar-refractivity contribution in [1.29, 1.82) is 0 Å². The molecule has 0 radical (unpaired) electrons. The summed E-state index contributed by atoms with van der Waals surface area (Å²) in [6.45, 7) is 7.40. The lowest BCUT2D eigenvalue weighted by molar-refractivity contribution is 0.0465. The highest BCUT2D eigenvalue weighted by molar-refractivity contribution is 14.1. The fourth-order valence-corrected chi connectivity index (χ4v) is 3.97. The van der Waals surface area contributed by atoms with Crippen molar-refractivity contribution in [2.75, 3.05) is 26.2 Å². The number of likely N-dealkylation sites (N-methyl/N-ethyl adjacent to an activating group) is 1. The highest BCUT2D eigenvalue weighted by Crippen LogP contribution is 2.23. The molecule has 19 heavy (non-hydrogen) atoms. The third-order valence-electron chi connectivity index (χ3n) is 2.75. The summed E-state index contributed by atoms with van der Waals surface area (Å²) in [6.07, 6.45) is 0.